The zero-order chi connectivity index (χ0) is 14.3. The second-order valence-corrected chi connectivity index (χ2v) is 4.49. The Balaban J connectivity index is 3.00. The summed E-state index contributed by atoms with van der Waals surface area (Å²) in [6, 6.07) is 6.12. The van der Waals surface area contributed by atoms with Crippen molar-refractivity contribution in [1.29, 1.82) is 0 Å². The summed E-state index contributed by atoms with van der Waals surface area (Å²) in [4.78, 5) is 0. The Bertz CT molecular complexity index is 382. The van der Waals surface area contributed by atoms with Crippen LogP contribution in [0.1, 0.15) is 31.9 Å². The van der Waals surface area contributed by atoms with Crippen LogP contribution in [0.25, 0.3) is 0 Å². The number of nitrogens with one attached hydrogen (secondary N) is 1. The van der Waals surface area contributed by atoms with E-state index >= 15 is 0 Å². The smallest absolute Gasteiger partial charge is 0.161 e. The van der Waals surface area contributed by atoms with E-state index < -0.39 is 0 Å². The topological polar surface area (TPSA) is 39.7 Å². The fourth-order valence-corrected chi connectivity index (χ4v) is 2.04. The van der Waals surface area contributed by atoms with Gasteiger partial charge in [0.25, 0.3) is 0 Å². The third kappa shape index (κ3) is 4.11. The molecule has 1 N–H and O–H groups in total. The zero-order valence-corrected chi connectivity index (χ0v) is 12.5. The van der Waals surface area contributed by atoms with E-state index in [4.69, 9.17) is 14.2 Å². The first-order chi connectivity index (χ1) is 9.17. The molecule has 0 fully saturated rings. The summed E-state index contributed by atoms with van der Waals surface area (Å²) in [5.74, 6) is 1.48. The van der Waals surface area contributed by atoms with Crippen molar-refractivity contribution in [3.05, 3.63) is 23.8 Å². The lowest BCUT2D eigenvalue weighted by Gasteiger charge is -2.25. The highest BCUT2D eigenvalue weighted by Gasteiger charge is 2.19. The maximum Gasteiger partial charge on any atom is 0.161 e. The molecule has 1 rings (SSSR count). The highest BCUT2D eigenvalue weighted by atomic mass is 16.5. The lowest BCUT2D eigenvalue weighted by Crippen LogP contribution is -2.32. The monoisotopic (exact) mass is 267 g/mol. The van der Waals surface area contributed by atoms with Crippen LogP contribution in [0.5, 0.6) is 11.5 Å². The summed E-state index contributed by atoms with van der Waals surface area (Å²) in [5.41, 5.74) is 1.14. The van der Waals surface area contributed by atoms with Gasteiger partial charge in [-0.25, -0.2) is 0 Å². The predicted octanol–water partition coefficient (Wildman–Crippen LogP) is 2.78. The Labute approximate surface area is 116 Å². The van der Waals surface area contributed by atoms with E-state index in [-0.39, 0.29) is 12.1 Å². The second-order valence-electron chi connectivity index (χ2n) is 4.49. The van der Waals surface area contributed by atoms with Crippen molar-refractivity contribution in [1.82, 2.24) is 5.32 Å². The van der Waals surface area contributed by atoms with Crippen molar-refractivity contribution in [2.75, 3.05) is 27.9 Å². The van der Waals surface area contributed by atoms with Gasteiger partial charge in [0.15, 0.2) is 11.5 Å². The van der Waals surface area contributed by atoms with Gasteiger partial charge in [-0.2, -0.15) is 0 Å². The summed E-state index contributed by atoms with van der Waals surface area (Å²) < 4.78 is 16.1. The lowest BCUT2D eigenvalue weighted by atomic mass is 10.0. The van der Waals surface area contributed by atoms with Crippen LogP contribution in [0.3, 0.4) is 0 Å². The second kappa shape index (κ2) is 8.02. The van der Waals surface area contributed by atoms with Gasteiger partial charge >= 0.3 is 0 Å². The molecule has 108 valence electrons. The first-order valence-corrected chi connectivity index (χ1v) is 6.66. The Morgan fingerprint density at radius 2 is 1.79 bits per heavy atom. The van der Waals surface area contributed by atoms with Gasteiger partial charge in [-0.3, -0.25) is 0 Å². The maximum atomic E-state index is 5.46. The molecule has 0 saturated heterocycles. The molecule has 19 heavy (non-hydrogen) atoms. The predicted molar refractivity (Wildman–Crippen MR) is 77.1 cm³/mol. The molecule has 0 aromatic heterocycles. The van der Waals surface area contributed by atoms with Crippen molar-refractivity contribution in [3.8, 4) is 11.5 Å². The van der Waals surface area contributed by atoms with E-state index in [0.29, 0.717) is 0 Å². The van der Waals surface area contributed by atoms with Crippen LogP contribution in [0, 0.1) is 0 Å². The molecule has 2 unspecified atom stereocenters. The van der Waals surface area contributed by atoms with Crippen LogP contribution in [-0.2, 0) is 4.74 Å². The normalized spacial score (nSPS) is 13.9. The quantitative estimate of drug-likeness (QED) is 0.786. The molecular formula is C15H25NO3. The third-order valence-corrected chi connectivity index (χ3v) is 3.22. The lowest BCUT2D eigenvalue weighted by molar-refractivity contribution is 0.0829. The van der Waals surface area contributed by atoms with E-state index in [1.807, 2.05) is 18.2 Å². The van der Waals surface area contributed by atoms with E-state index in [1.54, 1.807) is 21.3 Å². The van der Waals surface area contributed by atoms with Crippen LogP contribution in [0.15, 0.2) is 18.2 Å². The minimum Gasteiger partial charge on any atom is -0.493 e. The average molecular weight is 267 g/mol. The molecule has 4 nitrogen and oxygen atoms in total. The fraction of sp³-hybridized carbons (Fsp3) is 0.600. The van der Waals surface area contributed by atoms with Crippen molar-refractivity contribution in [3.63, 3.8) is 0 Å². The molecule has 0 saturated carbocycles. The van der Waals surface area contributed by atoms with E-state index in [9.17, 15) is 0 Å². The van der Waals surface area contributed by atoms with Gasteiger partial charge < -0.3 is 19.5 Å². The highest BCUT2D eigenvalue weighted by molar-refractivity contribution is 5.44. The largest absolute Gasteiger partial charge is 0.493 e. The molecule has 0 spiro atoms. The first-order valence-electron chi connectivity index (χ1n) is 6.66. The fourth-order valence-electron chi connectivity index (χ4n) is 2.04. The molecular weight excluding hydrogens is 242 g/mol. The Morgan fingerprint density at radius 1 is 1.11 bits per heavy atom. The Kier molecular flexibility index (Phi) is 6.67. The summed E-state index contributed by atoms with van der Waals surface area (Å²) in [7, 11) is 5.02. The summed E-state index contributed by atoms with van der Waals surface area (Å²) in [6.07, 6.45) is 1.17. The maximum absolute atomic E-state index is 5.46. The van der Waals surface area contributed by atoms with Gasteiger partial charge in [0, 0.05) is 7.11 Å². The van der Waals surface area contributed by atoms with Crippen LogP contribution in [0.2, 0.25) is 0 Å². The number of benzene rings is 1. The van der Waals surface area contributed by atoms with Crippen molar-refractivity contribution in [2.45, 2.75) is 32.4 Å². The number of ether oxygens (including phenoxy) is 3. The summed E-state index contributed by atoms with van der Waals surface area (Å²) in [6.45, 7) is 5.16. The van der Waals surface area contributed by atoms with E-state index in [2.05, 4.69) is 19.2 Å². The minimum atomic E-state index is 0.0876. The van der Waals surface area contributed by atoms with E-state index in [1.165, 1.54) is 0 Å². The zero-order valence-electron chi connectivity index (χ0n) is 12.5. The molecule has 0 aliphatic heterocycles. The molecule has 2 atom stereocenters. The van der Waals surface area contributed by atoms with Gasteiger partial charge in [0.1, 0.15) is 0 Å². The Hall–Kier alpha value is -1.26. The number of hydrogen-bond donors (Lipinski definition) is 1. The number of methoxy groups -OCH3 is 3. The molecule has 0 aliphatic carbocycles. The molecule has 0 aliphatic rings. The Morgan fingerprint density at radius 3 is 2.32 bits per heavy atom. The van der Waals surface area contributed by atoms with Gasteiger partial charge in [0.05, 0.1) is 26.4 Å². The standard InChI is InChI=1S/C15H25NO3/c1-6-9-16-15(11(2)17-3)12-7-8-13(18-4)14(10-12)19-5/h7-8,10-11,15-16H,6,9H2,1-5H3. The van der Waals surface area contributed by atoms with Gasteiger partial charge in [-0.05, 0) is 37.6 Å². The number of hydrogen-bond acceptors (Lipinski definition) is 4. The van der Waals surface area contributed by atoms with Crippen LogP contribution in [0.4, 0.5) is 0 Å². The average Bonchev–Trinajstić information content (AvgIpc) is 2.46. The van der Waals surface area contributed by atoms with Crippen molar-refractivity contribution in [2.24, 2.45) is 0 Å². The van der Waals surface area contributed by atoms with Gasteiger partial charge in [-0.1, -0.05) is 13.0 Å². The third-order valence-electron chi connectivity index (χ3n) is 3.22. The molecule has 0 heterocycles. The van der Waals surface area contributed by atoms with Gasteiger partial charge in [-0.15, -0.1) is 0 Å². The highest BCUT2D eigenvalue weighted by Crippen LogP contribution is 2.31. The SMILES string of the molecule is CCCNC(c1ccc(OC)c(OC)c1)C(C)OC. The number of rotatable bonds is 8. The molecule has 0 radical (unpaired) electrons. The molecule has 0 bridgehead atoms. The van der Waals surface area contributed by atoms with Crippen LogP contribution >= 0.6 is 0 Å². The summed E-state index contributed by atoms with van der Waals surface area (Å²) in [5, 5.41) is 3.50. The van der Waals surface area contributed by atoms with Gasteiger partial charge in [0.2, 0.25) is 0 Å². The molecule has 1 aromatic carbocycles. The van der Waals surface area contributed by atoms with Crippen LogP contribution < -0.4 is 14.8 Å². The van der Waals surface area contributed by atoms with Crippen molar-refractivity contribution < 1.29 is 14.2 Å². The molecule has 1 aromatic rings. The van der Waals surface area contributed by atoms with Crippen molar-refractivity contribution >= 4 is 0 Å². The summed E-state index contributed by atoms with van der Waals surface area (Å²) >= 11 is 0. The molecule has 0 amide bonds. The van der Waals surface area contributed by atoms with E-state index in [0.717, 1.165) is 30.0 Å². The van der Waals surface area contributed by atoms with Crippen LogP contribution in [-0.4, -0.2) is 34.0 Å². The molecule has 4 heteroatoms. The first kappa shape index (κ1) is 15.8. The minimum absolute atomic E-state index is 0.0876.